The molecule has 0 spiro atoms. The van der Waals surface area contributed by atoms with E-state index in [1.165, 1.54) is 16.8 Å². The van der Waals surface area contributed by atoms with Crippen molar-refractivity contribution in [3.63, 3.8) is 0 Å². The zero-order valence-electron chi connectivity index (χ0n) is 17.9. The number of anilines is 2. The molecule has 0 aliphatic heterocycles. The van der Waals surface area contributed by atoms with E-state index in [0.717, 1.165) is 35.1 Å². The predicted molar refractivity (Wildman–Crippen MR) is 122 cm³/mol. The Hall–Kier alpha value is -3.41. The van der Waals surface area contributed by atoms with Crippen molar-refractivity contribution in [1.29, 1.82) is 0 Å². The molecule has 0 aliphatic rings. The maximum atomic E-state index is 5.42. The summed E-state index contributed by atoms with van der Waals surface area (Å²) in [6.07, 6.45) is 1.74. The van der Waals surface area contributed by atoms with Gasteiger partial charge in [-0.3, -0.25) is 0 Å². The maximum absolute atomic E-state index is 5.42. The van der Waals surface area contributed by atoms with Gasteiger partial charge in [0.15, 0.2) is 0 Å². The molecule has 0 aliphatic carbocycles. The van der Waals surface area contributed by atoms with Crippen LogP contribution >= 0.6 is 0 Å². The molecule has 6 nitrogen and oxygen atoms in total. The van der Waals surface area contributed by atoms with Crippen LogP contribution < -0.4 is 10.2 Å². The van der Waals surface area contributed by atoms with Crippen LogP contribution in [0.2, 0.25) is 0 Å². The van der Waals surface area contributed by atoms with E-state index in [1.54, 1.807) is 0 Å². The molecule has 0 saturated heterocycles. The molecule has 1 N–H and O–H groups in total. The molecule has 4 aromatic rings. The zero-order chi connectivity index (χ0) is 21.1. The fraction of sp³-hybridized carbons (Fsp3) is 0.292. The Morgan fingerprint density at radius 2 is 1.80 bits per heavy atom. The zero-order valence-corrected chi connectivity index (χ0v) is 17.9. The van der Waals surface area contributed by atoms with E-state index in [1.807, 2.05) is 14.1 Å². The predicted octanol–water partition coefficient (Wildman–Crippen LogP) is 5.22. The van der Waals surface area contributed by atoms with Crippen LogP contribution in [0.5, 0.6) is 0 Å². The van der Waals surface area contributed by atoms with Crippen molar-refractivity contribution >= 4 is 22.4 Å². The first-order chi connectivity index (χ1) is 14.5. The van der Waals surface area contributed by atoms with E-state index in [-0.39, 0.29) is 0 Å². The molecule has 0 atom stereocenters. The third-order valence-electron chi connectivity index (χ3n) is 5.06. The SMILES string of the molecule is CCCc1nc(-c2cc3ccc(C)cc3nc2NCc2ccc(N(C)C)cc2)no1. The summed E-state index contributed by atoms with van der Waals surface area (Å²) in [6, 6.07) is 16.8. The van der Waals surface area contributed by atoms with Crippen LogP contribution in [0, 0.1) is 6.92 Å². The van der Waals surface area contributed by atoms with Gasteiger partial charge in [-0.2, -0.15) is 4.98 Å². The molecule has 30 heavy (non-hydrogen) atoms. The molecule has 2 aromatic carbocycles. The lowest BCUT2D eigenvalue weighted by Crippen LogP contribution is -2.09. The first-order valence-electron chi connectivity index (χ1n) is 10.3. The third kappa shape index (κ3) is 4.27. The number of rotatable bonds is 7. The lowest BCUT2D eigenvalue weighted by molar-refractivity contribution is 0.378. The van der Waals surface area contributed by atoms with E-state index >= 15 is 0 Å². The Kier molecular flexibility index (Phi) is 5.65. The summed E-state index contributed by atoms with van der Waals surface area (Å²) >= 11 is 0. The van der Waals surface area contributed by atoms with E-state index < -0.39 is 0 Å². The maximum Gasteiger partial charge on any atom is 0.226 e. The lowest BCUT2D eigenvalue weighted by Gasteiger charge is -2.14. The second-order valence-electron chi connectivity index (χ2n) is 7.76. The highest BCUT2D eigenvalue weighted by atomic mass is 16.5. The number of hydrogen-bond acceptors (Lipinski definition) is 6. The van der Waals surface area contributed by atoms with E-state index in [4.69, 9.17) is 9.51 Å². The molecule has 4 rings (SSSR count). The number of nitrogens with one attached hydrogen (secondary N) is 1. The smallest absolute Gasteiger partial charge is 0.226 e. The summed E-state index contributed by atoms with van der Waals surface area (Å²) in [5.41, 5.74) is 5.33. The van der Waals surface area contributed by atoms with Crippen molar-refractivity contribution in [2.75, 3.05) is 24.3 Å². The molecule has 0 saturated carbocycles. The van der Waals surface area contributed by atoms with Gasteiger partial charge in [-0.1, -0.05) is 36.3 Å². The summed E-state index contributed by atoms with van der Waals surface area (Å²) in [5.74, 6) is 1.98. The minimum Gasteiger partial charge on any atom is -0.378 e. The Balaban J connectivity index is 1.68. The fourth-order valence-corrected chi connectivity index (χ4v) is 3.36. The molecule has 0 bridgehead atoms. The quantitative estimate of drug-likeness (QED) is 0.458. The second kappa shape index (κ2) is 8.53. The van der Waals surface area contributed by atoms with Gasteiger partial charge >= 0.3 is 0 Å². The van der Waals surface area contributed by atoms with Crippen molar-refractivity contribution < 1.29 is 4.52 Å². The Morgan fingerprint density at radius 1 is 1.00 bits per heavy atom. The van der Waals surface area contributed by atoms with E-state index in [0.29, 0.717) is 18.3 Å². The van der Waals surface area contributed by atoms with Gasteiger partial charge in [0.1, 0.15) is 5.82 Å². The number of fused-ring (bicyclic) bond motifs is 1. The molecule has 0 radical (unpaired) electrons. The molecular weight excluding hydrogens is 374 g/mol. The fourth-order valence-electron chi connectivity index (χ4n) is 3.36. The van der Waals surface area contributed by atoms with Crippen LogP contribution in [0.1, 0.15) is 30.4 Å². The van der Waals surface area contributed by atoms with Gasteiger partial charge in [0.05, 0.1) is 11.1 Å². The van der Waals surface area contributed by atoms with Crippen LogP contribution in [0.25, 0.3) is 22.3 Å². The monoisotopic (exact) mass is 401 g/mol. The number of pyridine rings is 1. The van der Waals surface area contributed by atoms with Crippen molar-refractivity contribution in [3.05, 3.63) is 65.5 Å². The topological polar surface area (TPSA) is 67.1 Å². The molecule has 6 heteroatoms. The van der Waals surface area contributed by atoms with Crippen molar-refractivity contribution in [1.82, 2.24) is 15.1 Å². The Bertz CT molecular complexity index is 1150. The molecule has 154 valence electrons. The number of aryl methyl sites for hydroxylation is 2. The van der Waals surface area contributed by atoms with Crippen LogP contribution in [0.4, 0.5) is 11.5 Å². The first kappa shape index (κ1) is 19.9. The lowest BCUT2D eigenvalue weighted by atomic mass is 10.1. The highest BCUT2D eigenvalue weighted by Crippen LogP contribution is 2.29. The van der Waals surface area contributed by atoms with Gasteiger partial charge in [-0.05, 0) is 48.7 Å². The molecule has 0 fully saturated rings. The number of nitrogens with zero attached hydrogens (tertiary/aromatic N) is 4. The van der Waals surface area contributed by atoms with Gasteiger partial charge in [0, 0.05) is 38.1 Å². The molecule has 2 aromatic heterocycles. The van der Waals surface area contributed by atoms with Gasteiger partial charge in [0.25, 0.3) is 0 Å². The van der Waals surface area contributed by atoms with Gasteiger partial charge in [-0.15, -0.1) is 0 Å². The minimum absolute atomic E-state index is 0.568. The summed E-state index contributed by atoms with van der Waals surface area (Å²) in [6.45, 7) is 4.83. The Labute approximate surface area is 176 Å². The summed E-state index contributed by atoms with van der Waals surface area (Å²) in [7, 11) is 4.08. The average molecular weight is 402 g/mol. The highest BCUT2D eigenvalue weighted by molar-refractivity contribution is 5.88. The number of aromatic nitrogens is 3. The summed E-state index contributed by atoms with van der Waals surface area (Å²) in [5, 5.41) is 8.74. The average Bonchev–Trinajstić information content (AvgIpc) is 3.20. The van der Waals surface area contributed by atoms with Gasteiger partial charge in [-0.25, -0.2) is 4.98 Å². The van der Waals surface area contributed by atoms with E-state index in [9.17, 15) is 0 Å². The van der Waals surface area contributed by atoms with Crippen LogP contribution in [-0.2, 0) is 13.0 Å². The number of benzene rings is 2. The minimum atomic E-state index is 0.568. The van der Waals surface area contributed by atoms with E-state index in [2.05, 4.69) is 82.7 Å². The first-order valence-corrected chi connectivity index (χ1v) is 10.3. The summed E-state index contributed by atoms with van der Waals surface area (Å²) < 4.78 is 5.42. The second-order valence-corrected chi connectivity index (χ2v) is 7.76. The van der Waals surface area contributed by atoms with Crippen LogP contribution in [0.3, 0.4) is 0 Å². The van der Waals surface area contributed by atoms with Crippen molar-refractivity contribution in [3.8, 4) is 11.4 Å². The standard InChI is InChI=1S/C24H27N5O/c1-5-6-22-27-24(28-30-22)20-14-18-10-7-16(2)13-21(18)26-23(20)25-15-17-8-11-19(12-9-17)29(3)4/h7-14H,5-6,15H2,1-4H3,(H,25,26). The third-order valence-corrected chi connectivity index (χ3v) is 5.06. The largest absolute Gasteiger partial charge is 0.378 e. The molecule has 2 heterocycles. The molecule has 0 amide bonds. The number of hydrogen-bond donors (Lipinski definition) is 1. The van der Waals surface area contributed by atoms with Crippen molar-refractivity contribution in [2.24, 2.45) is 0 Å². The van der Waals surface area contributed by atoms with Crippen LogP contribution in [-0.4, -0.2) is 29.2 Å². The van der Waals surface area contributed by atoms with Crippen molar-refractivity contribution in [2.45, 2.75) is 33.2 Å². The van der Waals surface area contributed by atoms with Crippen LogP contribution in [0.15, 0.2) is 53.1 Å². The van der Waals surface area contributed by atoms with Gasteiger partial charge < -0.3 is 14.7 Å². The Morgan fingerprint density at radius 3 is 2.53 bits per heavy atom. The van der Waals surface area contributed by atoms with Gasteiger partial charge in [0.2, 0.25) is 11.7 Å². The normalized spacial score (nSPS) is 11.1. The molecule has 0 unspecified atom stereocenters. The highest BCUT2D eigenvalue weighted by Gasteiger charge is 2.15. The molecular formula is C24H27N5O. The summed E-state index contributed by atoms with van der Waals surface area (Å²) in [4.78, 5) is 11.6.